The van der Waals surface area contributed by atoms with Crippen LogP contribution in [0, 0.1) is 6.92 Å². The maximum atomic E-state index is 4.29. The molecule has 0 aliphatic carbocycles. The second-order valence-corrected chi connectivity index (χ2v) is 3.37. The fourth-order valence-corrected chi connectivity index (χ4v) is 1.76. The van der Waals surface area contributed by atoms with Crippen molar-refractivity contribution in [1.29, 1.82) is 0 Å². The van der Waals surface area contributed by atoms with Gasteiger partial charge in [-0.2, -0.15) is 0 Å². The van der Waals surface area contributed by atoms with Gasteiger partial charge in [0.1, 0.15) is 5.01 Å². The summed E-state index contributed by atoms with van der Waals surface area (Å²) in [6, 6.07) is 10.1. The van der Waals surface area contributed by atoms with Crippen molar-refractivity contribution in [2.75, 3.05) is 0 Å². The molecule has 0 amide bonds. The minimum Gasteiger partial charge on any atom is -0.241 e. The Morgan fingerprint density at radius 2 is 1.92 bits per heavy atom. The van der Waals surface area contributed by atoms with Crippen LogP contribution in [0.3, 0.4) is 0 Å². The Labute approximate surface area is 75.7 Å². The van der Waals surface area contributed by atoms with E-state index in [1.165, 1.54) is 0 Å². The largest absolute Gasteiger partial charge is 0.241 e. The van der Waals surface area contributed by atoms with Gasteiger partial charge in [-0.25, -0.2) is 4.98 Å². The minimum absolute atomic E-state index is 0.846. The Bertz CT molecular complexity index is 364. The van der Waals surface area contributed by atoms with E-state index in [0.29, 0.717) is 0 Å². The van der Waals surface area contributed by atoms with E-state index in [1.54, 1.807) is 11.3 Å². The molecule has 1 heterocycles. The van der Waals surface area contributed by atoms with Gasteiger partial charge < -0.3 is 0 Å². The number of aromatic nitrogens is 1. The topological polar surface area (TPSA) is 12.9 Å². The Morgan fingerprint density at radius 1 is 1.17 bits per heavy atom. The zero-order valence-corrected chi connectivity index (χ0v) is 7.34. The summed E-state index contributed by atoms with van der Waals surface area (Å²) in [6.45, 7) is 3.77. The van der Waals surface area contributed by atoms with Gasteiger partial charge >= 0.3 is 0 Å². The van der Waals surface area contributed by atoms with Crippen molar-refractivity contribution >= 4 is 11.3 Å². The highest BCUT2D eigenvalue weighted by molar-refractivity contribution is 7.13. The molecule has 1 nitrogen and oxygen atoms in total. The van der Waals surface area contributed by atoms with Crippen LogP contribution in [0.4, 0.5) is 0 Å². The molecular weight excluding hydrogens is 166 g/mol. The van der Waals surface area contributed by atoms with Gasteiger partial charge in [0.25, 0.3) is 0 Å². The van der Waals surface area contributed by atoms with Crippen LogP contribution >= 0.6 is 11.3 Å². The van der Waals surface area contributed by atoms with Crippen LogP contribution in [0.1, 0.15) is 5.69 Å². The summed E-state index contributed by atoms with van der Waals surface area (Å²) >= 11 is 1.63. The third kappa shape index (κ3) is 1.38. The van der Waals surface area contributed by atoms with Crippen LogP contribution < -0.4 is 0 Å². The molecule has 2 heteroatoms. The molecule has 0 aliphatic heterocycles. The summed E-state index contributed by atoms with van der Waals surface area (Å²) in [7, 11) is 0. The molecule has 1 radical (unpaired) electrons. The van der Waals surface area contributed by atoms with Gasteiger partial charge in [-0.15, -0.1) is 11.3 Å². The molecule has 12 heavy (non-hydrogen) atoms. The molecule has 59 valence electrons. The van der Waals surface area contributed by atoms with E-state index in [9.17, 15) is 0 Å². The molecule has 0 fully saturated rings. The monoisotopic (exact) mass is 174 g/mol. The highest BCUT2D eigenvalue weighted by Crippen LogP contribution is 2.22. The SMILES string of the molecule is [CH2]c1csc(-c2ccccc2)n1. The zero-order valence-electron chi connectivity index (χ0n) is 6.53. The lowest BCUT2D eigenvalue weighted by atomic mass is 10.2. The Hall–Kier alpha value is -1.15. The lowest BCUT2D eigenvalue weighted by Crippen LogP contribution is -1.74. The fourth-order valence-electron chi connectivity index (χ4n) is 1.02. The maximum absolute atomic E-state index is 4.29. The highest BCUT2D eigenvalue weighted by atomic mass is 32.1. The average molecular weight is 174 g/mol. The van der Waals surface area contributed by atoms with Crippen LogP contribution in [0.2, 0.25) is 0 Å². The van der Waals surface area contributed by atoms with Gasteiger partial charge in [-0.1, -0.05) is 30.3 Å². The van der Waals surface area contributed by atoms with E-state index >= 15 is 0 Å². The molecule has 0 aliphatic rings. The van der Waals surface area contributed by atoms with Crippen LogP contribution in [-0.4, -0.2) is 4.98 Å². The smallest absolute Gasteiger partial charge is 0.123 e. The van der Waals surface area contributed by atoms with Crippen LogP contribution in [-0.2, 0) is 0 Å². The van der Waals surface area contributed by atoms with Crippen molar-refractivity contribution < 1.29 is 0 Å². The second kappa shape index (κ2) is 3.07. The van der Waals surface area contributed by atoms with E-state index in [0.717, 1.165) is 16.3 Å². The molecule has 1 aromatic heterocycles. The number of nitrogens with zero attached hydrogens (tertiary/aromatic N) is 1. The van der Waals surface area contributed by atoms with E-state index in [4.69, 9.17) is 0 Å². The van der Waals surface area contributed by atoms with Gasteiger partial charge in [-0.05, 0) is 6.92 Å². The van der Waals surface area contributed by atoms with Crippen molar-refractivity contribution in [2.45, 2.75) is 0 Å². The molecule has 0 N–H and O–H groups in total. The summed E-state index contributed by atoms with van der Waals surface area (Å²) in [4.78, 5) is 4.29. The molecule has 0 bridgehead atoms. The minimum atomic E-state index is 0.846. The Morgan fingerprint density at radius 3 is 2.50 bits per heavy atom. The van der Waals surface area contributed by atoms with E-state index in [1.807, 2.05) is 23.6 Å². The number of thiazole rings is 1. The first kappa shape index (κ1) is 7.50. The summed E-state index contributed by atoms with van der Waals surface area (Å²) < 4.78 is 0. The first-order valence-corrected chi connectivity index (χ1v) is 4.57. The predicted molar refractivity (Wildman–Crippen MR) is 52.0 cm³/mol. The van der Waals surface area contributed by atoms with E-state index < -0.39 is 0 Å². The molecule has 0 spiro atoms. The molecule has 0 saturated heterocycles. The number of rotatable bonds is 1. The normalized spacial score (nSPS) is 10.1. The predicted octanol–water partition coefficient (Wildman–Crippen LogP) is 2.99. The quantitative estimate of drug-likeness (QED) is 0.647. The van der Waals surface area contributed by atoms with Gasteiger partial charge in [0, 0.05) is 10.9 Å². The highest BCUT2D eigenvalue weighted by Gasteiger charge is 1.99. The fraction of sp³-hybridized carbons (Fsp3) is 0. The van der Waals surface area contributed by atoms with Gasteiger partial charge in [-0.3, -0.25) is 0 Å². The van der Waals surface area contributed by atoms with Crippen molar-refractivity contribution in [3.8, 4) is 10.6 Å². The van der Waals surface area contributed by atoms with E-state index in [-0.39, 0.29) is 0 Å². The Balaban J connectivity index is 2.45. The second-order valence-electron chi connectivity index (χ2n) is 2.51. The lowest BCUT2D eigenvalue weighted by Gasteiger charge is -1.92. The molecule has 0 unspecified atom stereocenters. The van der Waals surface area contributed by atoms with Crippen molar-refractivity contribution in [2.24, 2.45) is 0 Å². The third-order valence-electron chi connectivity index (χ3n) is 1.57. The summed E-state index contributed by atoms with van der Waals surface area (Å²) in [5.74, 6) is 0. The molecule has 0 atom stereocenters. The third-order valence-corrected chi connectivity index (χ3v) is 2.51. The summed E-state index contributed by atoms with van der Waals surface area (Å²) in [5.41, 5.74) is 2.01. The van der Waals surface area contributed by atoms with Gasteiger partial charge in [0.05, 0.1) is 5.69 Å². The van der Waals surface area contributed by atoms with Gasteiger partial charge in [0.2, 0.25) is 0 Å². The van der Waals surface area contributed by atoms with Crippen LogP contribution in [0.5, 0.6) is 0 Å². The van der Waals surface area contributed by atoms with Crippen LogP contribution in [0.25, 0.3) is 10.6 Å². The van der Waals surface area contributed by atoms with Crippen molar-refractivity contribution in [1.82, 2.24) is 4.98 Å². The van der Waals surface area contributed by atoms with E-state index in [2.05, 4.69) is 24.0 Å². The number of hydrogen-bond acceptors (Lipinski definition) is 2. The first-order chi connectivity index (χ1) is 5.86. The Kier molecular flexibility index (Phi) is 1.92. The maximum Gasteiger partial charge on any atom is 0.123 e. The lowest BCUT2D eigenvalue weighted by molar-refractivity contribution is 1.35. The van der Waals surface area contributed by atoms with Crippen LogP contribution in [0.15, 0.2) is 35.7 Å². The molecule has 2 rings (SSSR count). The molecule has 2 aromatic rings. The zero-order chi connectivity index (χ0) is 8.39. The standard InChI is InChI=1S/C10H8NS/c1-8-7-12-10(11-8)9-5-3-2-4-6-9/h2-7H,1H2. The molecule has 1 aromatic carbocycles. The average Bonchev–Trinajstić information content (AvgIpc) is 2.54. The van der Waals surface area contributed by atoms with Gasteiger partial charge in [0.15, 0.2) is 0 Å². The molecule has 0 saturated carbocycles. The van der Waals surface area contributed by atoms with Crippen molar-refractivity contribution in [3.63, 3.8) is 0 Å². The van der Waals surface area contributed by atoms with Crippen molar-refractivity contribution in [3.05, 3.63) is 48.3 Å². The number of benzene rings is 1. The molecular formula is C10H8NS. The summed E-state index contributed by atoms with van der Waals surface area (Å²) in [6.07, 6.45) is 0. The first-order valence-electron chi connectivity index (χ1n) is 3.69. The number of hydrogen-bond donors (Lipinski definition) is 0. The summed E-state index contributed by atoms with van der Waals surface area (Å²) in [5, 5.41) is 3.00.